The van der Waals surface area contributed by atoms with Crippen molar-refractivity contribution in [2.75, 3.05) is 0 Å². The molecule has 0 fully saturated rings. The molecule has 0 rings (SSSR count). The summed E-state index contributed by atoms with van der Waals surface area (Å²) < 4.78 is 0. The molecule has 0 heterocycles. The first-order valence-corrected chi connectivity index (χ1v) is 5.29. The Balaban J connectivity index is 3.56. The van der Waals surface area contributed by atoms with Crippen LogP contribution in [0.15, 0.2) is 0 Å². The standard InChI is InChI=1S/C11H22O2/c1-4-5-6-9(2)10(3)7-8-11(12)13/h9-10H,4-8H2,1-3H3,(H,12,13). The maximum atomic E-state index is 10.3. The zero-order chi connectivity index (χ0) is 10.3. The van der Waals surface area contributed by atoms with Crippen LogP contribution in [0.1, 0.15) is 52.9 Å². The van der Waals surface area contributed by atoms with Crippen LogP contribution in [0.25, 0.3) is 0 Å². The molecule has 2 heteroatoms. The van der Waals surface area contributed by atoms with Gasteiger partial charge in [-0.15, -0.1) is 0 Å². The van der Waals surface area contributed by atoms with Crippen LogP contribution >= 0.6 is 0 Å². The minimum absolute atomic E-state index is 0.317. The third-order valence-electron chi connectivity index (χ3n) is 2.80. The van der Waals surface area contributed by atoms with Gasteiger partial charge < -0.3 is 5.11 Å². The van der Waals surface area contributed by atoms with Crippen LogP contribution in [0.5, 0.6) is 0 Å². The van der Waals surface area contributed by atoms with E-state index in [4.69, 9.17) is 5.11 Å². The second-order valence-corrected chi connectivity index (χ2v) is 4.03. The van der Waals surface area contributed by atoms with E-state index in [-0.39, 0.29) is 0 Å². The third kappa shape index (κ3) is 6.62. The maximum Gasteiger partial charge on any atom is 0.303 e. The Labute approximate surface area is 81.3 Å². The molecule has 2 unspecified atom stereocenters. The van der Waals surface area contributed by atoms with Crippen molar-refractivity contribution in [1.82, 2.24) is 0 Å². The van der Waals surface area contributed by atoms with E-state index >= 15 is 0 Å². The first-order chi connectivity index (χ1) is 6.07. The fourth-order valence-electron chi connectivity index (χ4n) is 1.45. The van der Waals surface area contributed by atoms with Crippen molar-refractivity contribution in [1.29, 1.82) is 0 Å². The van der Waals surface area contributed by atoms with E-state index in [1.165, 1.54) is 19.3 Å². The summed E-state index contributed by atoms with van der Waals surface area (Å²) in [6.45, 7) is 6.57. The number of carboxylic acids is 1. The molecule has 0 aromatic rings. The molecular formula is C11H22O2. The Hall–Kier alpha value is -0.530. The number of carboxylic acid groups (broad SMARTS) is 1. The molecule has 0 aliphatic carbocycles. The summed E-state index contributed by atoms with van der Waals surface area (Å²) in [6.07, 6.45) is 4.86. The number of aliphatic carboxylic acids is 1. The zero-order valence-electron chi connectivity index (χ0n) is 9.05. The van der Waals surface area contributed by atoms with E-state index in [0.717, 1.165) is 6.42 Å². The van der Waals surface area contributed by atoms with Crippen molar-refractivity contribution in [3.63, 3.8) is 0 Å². The molecule has 0 saturated carbocycles. The molecule has 2 nitrogen and oxygen atoms in total. The number of hydrogen-bond acceptors (Lipinski definition) is 1. The topological polar surface area (TPSA) is 37.3 Å². The van der Waals surface area contributed by atoms with E-state index < -0.39 is 5.97 Å². The minimum atomic E-state index is -0.672. The van der Waals surface area contributed by atoms with Crippen LogP contribution in [0.3, 0.4) is 0 Å². The van der Waals surface area contributed by atoms with Gasteiger partial charge in [-0.3, -0.25) is 4.79 Å². The molecule has 0 aliphatic rings. The first-order valence-electron chi connectivity index (χ1n) is 5.29. The van der Waals surface area contributed by atoms with Gasteiger partial charge >= 0.3 is 5.97 Å². The lowest BCUT2D eigenvalue weighted by atomic mass is 9.88. The Morgan fingerprint density at radius 1 is 1.23 bits per heavy atom. The van der Waals surface area contributed by atoms with Crippen molar-refractivity contribution in [2.24, 2.45) is 11.8 Å². The molecule has 1 N–H and O–H groups in total. The minimum Gasteiger partial charge on any atom is -0.481 e. The van der Waals surface area contributed by atoms with E-state index in [0.29, 0.717) is 18.3 Å². The van der Waals surface area contributed by atoms with Gasteiger partial charge in [0, 0.05) is 6.42 Å². The molecular weight excluding hydrogens is 164 g/mol. The summed E-state index contributed by atoms with van der Waals surface area (Å²) >= 11 is 0. The fourth-order valence-corrected chi connectivity index (χ4v) is 1.45. The van der Waals surface area contributed by atoms with E-state index in [9.17, 15) is 4.79 Å². The predicted octanol–water partition coefficient (Wildman–Crippen LogP) is 3.31. The average Bonchev–Trinajstić information content (AvgIpc) is 2.10. The molecule has 0 aromatic heterocycles. The van der Waals surface area contributed by atoms with E-state index in [1.807, 2.05) is 0 Å². The number of unbranched alkanes of at least 4 members (excludes halogenated alkanes) is 1. The van der Waals surface area contributed by atoms with Crippen LogP contribution in [0.2, 0.25) is 0 Å². The Bertz CT molecular complexity index is 143. The number of carbonyl (C=O) groups is 1. The van der Waals surface area contributed by atoms with Crippen LogP contribution in [-0.2, 0) is 4.79 Å². The quantitative estimate of drug-likeness (QED) is 0.662. The van der Waals surface area contributed by atoms with Gasteiger partial charge in [0.1, 0.15) is 0 Å². The summed E-state index contributed by atoms with van der Waals surface area (Å²) in [5.41, 5.74) is 0. The molecule has 0 bridgehead atoms. The van der Waals surface area contributed by atoms with Crippen molar-refractivity contribution >= 4 is 5.97 Å². The Morgan fingerprint density at radius 2 is 1.77 bits per heavy atom. The third-order valence-corrected chi connectivity index (χ3v) is 2.80. The fraction of sp³-hybridized carbons (Fsp3) is 0.909. The predicted molar refractivity (Wildman–Crippen MR) is 54.7 cm³/mol. The Kier molecular flexibility index (Phi) is 6.65. The number of hydrogen-bond donors (Lipinski definition) is 1. The second-order valence-electron chi connectivity index (χ2n) is 4.03. The molecule has 0 aromatic carbocycles. The molecule has 2 atom stereocenters. The van der Waals surface area contributed by atoms with Gasteiger partial charge in [0.15, 0.2) is 0 Å². The summed E-state index contributed by atoms with van der Waals surface area (Å²) in [5.74, 6) is 0.538. The molecule has 0 aliphatic heterocycles. The molecule has 78 valence electrons. The summed E-state index contributed by atoms with van der Waals surface area (Å²) in [6, 6.07) is 0. The molecule has 0 amide bonds. The highest BCUT2D eigenvalue weighted by Crippen LogP contribution is 2.21. The zero-order valence-corrected chi connectivity index (χ0v) is 9.05. The normalized spacial score (nSPS) is 15.3. The van der Waals surface area contributed by atoms with Crippen molar-refractivity contribution in [3.05, 3.63) is 0 Å². The highest BCUT2D eigenvalue weighted by atomic mass is 16.4. The van der Waals surface area contributed by atoms with Crippen LogP contribution in [0, 0.1) is 11.8 Å². The van der Waals surface area contributed by atoms with Crippen LogP contribution < -0.4 is 0 Å². The van der Waals surface area contributed by atoms with E-state index in [2.05, 4.69) is 20.8 Å². The molecule has 0 saturated heterocycles. The highest BCUT2D eigenvalue weighted by molar-refractivity contribution is 5.66. The second kappa shape index (κ2) is 6.93. The van der Waals surface area contributed by atoms with Gasteiger partial charge in [-0.25, -0.2) is 0 Å². The molecule has 0 radical (unpaired) electrons. The monoisotopic (exact) mass is 186 g/mol. The maximum absolute atomic E-state index is 10.3. The van der Waals surface area contributed by atoms with Crippen molar-refractivity contribution < 1.29 is 9.90 Å². The lowest BCUT2D eigenvalue weighted by Gasteiger charge is -2.18. The van der Waals surface area contributed by atoms with Crippen molar-refractivity contribution in [2.45, 2.75) is 52.9 Å². The smallest absolute Gasteiger partial charge is 0.303 e. The average molecular weight is 186 g/mol. The van der Waals surface area contributed by atoms with Gasteiger partial charge in [0.05, 0.1) is 0 Å². The largest absolute Gasteiger partial charge is 0.481 e. The molecule has 0 spiro atoms. The number of rotatable bonds is 7. The molecule has 13 heavy (non-hydrogen) atoms. The van der Waals surface area contributed by atoms with Gasteiger partial charge in [0.25, 0.3) is 0 Å². The summed E-state index contributed by atoms with van der Waals surface area (Å²) in [4.78, 5) is 10.3. The van der Waals surface area contributed by atoms with Gasteiger partial charge in [-0.1, -0.05) is 40.0 Å². The van der Waals surface area contributed by atoms with Gasteiger partial charge in [-0.2, -0.15) is 0 Å². The summed E-state index contributed by atoms with van der Waals surface area (Å²) in [5, 5.41) is 8.52. The lowest BCUT2D eigenvalue weighted by Crippen LogP contribution is -2.10. The summed E-state index contributed by atoms with van der Waals surface area (Å²) in [7, 11) is 0. The highest BCUT2D eigenvalue weighted by Gasteiger charge is 2.12. The van der Waals surface area contributed by atoms with E-state index in [1.54, 1.807) is 0 Å². The van der Waals surface area contributed by atoms with Crippen LogP contribution in [0.4, 0.5) is 0 Å². The van der Waals surface area contributed by atoms with Crippen molar-refractivity contribution in [3.8, 4) is 0 Å². The van der Waals surface area contributed by atoms with Gasteiger partial charge in [-0.05, 0) is 18.3 Å². The first kappa shape index (κ1) is 12.5. The Morgan fingerprint density at radius 3 is 2.23 bits per heavy atom. The van der Waals surface area contributed by atoms with Gasteiger partial charge in [0.2, 0.25) is 0 Å². The lowest BCUT2D eigenvalue weighted by molar-refractivity contribution is -0.137. The van der Waals surface area contributed by atoms with Crippen LogP contribution in [-0.4, -0.2) is 11.1 Å². The SMILES string of the molecule is CCCCC(C)C(C)CCC(=O)O.